The van der Waals surface area contributed by atoms with Crippen LogP contribution in [0.5, 0.6) is 0 Å². The lowest BCUT2D eigenvalue weighted by molar-refractivity contribution is 0.00995. The van der Waals surface area contributed by atoms with Crippen molar-refractivity contribution in [2.45, 2.75) is 58.1 Å². The SMILES string of the molecule is CC(C)(C)OC(=O)N1CCCC[C@H]1Cc1cccc(-c2cccs2)c1. The van der Waals surface area contributed by atoms with E-state index in [-0.39, 0.29) is 12.1 Å². The van der Waals surface area contributed by atoms with Crippen molar-refractivity contribution in [3.05, 3.63) is 47.3 Å². The van der Waals surface area contributed by atoms with Crippen molar-refractivity contribution < 1.29 is 9.53 Å². The number of ether oxygens (including phenoxy) is 1. The molecule has 2 heterocycles. The van der Waals surface area contributed by atoms with Gasteiger partial charge in [0.1, 0.15) is 5.60 Å². The van der Waals surface area contributed by atoms with Crippen molar-refractivity contribution in [3.8, 4) is 10.4 Å². The highest BCUT2D eigenvalue weighted by Gasteiger charge is 2.30. The third kappa shape index (κ3) is 4.85. The number of thiophene rings is 1. The predicted molar refractivity (Wildman–Crippen MR) is 104 cm³/mol. The summed E-state index contributed by atoms with van der Waals surface area (Å²) in [7, 11) is 0. The van der Waals surface area contributed by atoms with E-state index in [1.54, 1.807) is 11.3 Å². The second-order valence-corrected chi connectivity index (χ2v) is 8.65. The highest BCUT2D eigenvalue weighted by Crippen LogP contribution is 2.28. The molecule has 1 saturated heterocycles. The number of benzene rings is 1. The number of carbonyl (C=O) groups excluding carboxylic acids is 1. The molecule has 25 heavy (non-hydrogen) atoms. The van der Waals surface area contributed by atoms with Gasteiger partial charge in [-0.15, -0.1) is 11.3 Å². The van der Waals surface area contributed by atoms with E-state index in [2.05, 4.69) is 41.8 Å². The quantitative estimate of drug-likeness (QED) is 0.700. The summed E-state index contributed by atoms with van der Waals surface area (Å²) in [5.41, 5.74) is 2.09. The second-order valence-electron chi connectivity index (χ2n) is 7.71. The molecule has 1 fully saturated rings. The van der Waals surface area contributed by atoms with E-state index in [9.17, 15) is 4.79 Å². The number of nitrogens with zero attached hydrogens (tertiary/aromatic N) is 1. The third-order valence-corrected chi connectivity index (χ3v) is 5.38. The minimum atomic E-state index is -0.446. The molecule has 1 aromatic heterocycles. The number of carbonyl (C=O) groups is 1. The van der Waals surface area contributed by atoms with Crippen LogP contribution in [-0.2, 0) is 11.2 Å². The van der Waals surface area contributed by atoms with Gasteiger partial charge in [0.25, 0.3) is 0 Å². The van der Waals surface area contributed by atoms with Crippen LogP contribution in [0.4, 0.5) is 4.79 Å². The van der Waals surface area contributed by atoms with Crippen LogP contribution in [0.1, 0.15) is 45.6 Å². The maximum absolute atomic E-state index is 12.6. The van der Waals surface area contributed by atoms with Crippen LogP contribution in [-0.4, -0.2) is 29.2 Å². The van der Waals surface area contributed by atoms with E-state index in [0.717, 1.165) is 25.8 Å². The standard InChI is InChI=1S/C21H27NO2S/c1-21(2,3)24-20(23)22-12-5-4-10-18(22)15-16-8-6-9-17(14-16)19-11-7-13-25-19/h6-9,11,13-14,18H,4-5,10,12,15H2,1-3H3/t18-/m0/s1. The van der Waals surface area contributed by atoms with Crippen LogP contribution in [0, 0.1) is 0 Å². The lowest BCUT2D eigenvalue weighted by Crippen LogP contribution is -2.47. The summed E-state index contributed by atoms with van der Waals surface area (Å²) < 4.78 is 5.62. The molecule has 2 aromatic rings. The Labute approximate surface area is 154 Å². The molecular formula is C21H27NO2S. The minimum Gasteiger partial charge on any atom is -0.444 e. The largest absolute Gasteiger partial charge is 0.444 e. The van der Waals surface area contributed by atoms with E-state index in [1.165, 1.54) is 22.4 Å². The molecule has 1 amide bonds. The smallest absolute Gasteiger partial charge is 0.410 e. The molecule has 134 valence electrons. The van der Waals surface area contributed by atoms with Crippen LogP contribution in [0.2, 0.25) is 0 Å². The van der Waals surface area contributed by atoms with Crippen molar-refractivity contribution in [2.24, 2.45) is 0 Å². The van der Waals surface area contributed by atoms with Gasteiger partial charge in [0.05, 0.1) is 0 Å². The Balaban J connectivity index is 1.73. The van der Waals surface area contributed by atoms with Crippen molar-refractivity contribution in [3.63, 3.8) is 0 Å². The van der Waals surface area contributed by atoms with Crippen molar-refractivity contribution in [1.29, 1.82) is 0 Å². The first-order valence-corrected chi connectivity index (χ1v) is 9.93. The van der Waals surface area contributed by atoms with Gasteiger partial charge >= 0.3 is 6.09 Å². The summed E-state index contributed by atoms with van der Waals surface area (Å²) in [6.45, 7) is 6.57. The Bertz CT molecular complexity index is 703. The number of piperidine rings is 1. The average Bonchev–Trinajstić information content (AvgIpc) is 3.08. The summed E-state index contributed by atoms with van der Waals surface area (Å²) in [6.07, 6.45) is 3.99. The highest BCUT2D eigenvalue weighted by molar-refractivity contribution is 7.13. The molecule has 0 saturated carbocycles. The zero-order valence-corrected chi connectivity index (χ0v) is 16.1. The molecule has 3 nitrogen and oxygen atoms in total. The molecule has 1 aliphatic rings. The first-order chi connectivity index (χ1) is 11.9. The average molecular weight is 358 g/mol. The third-order valence-electron chi connectivity index (χ3n) is 4.46. The molecular weight excluding hydrogens is 330 g/mol. The molecule has 0 spiro atoms. The monoisotopic (exact) mass is 357 g/mol. The molecule has 4 heteroatoms. The van der Waals surface area contributed by atoms with Crippen molar-refractivity contribution in [2.75, 3.05) is 6.54 Å². The lowest BCUT2D eigenvalue weighted by atomic mass is 9.95. The second kappa shape index (κ2) is 7.61. The number of amides is 1. The fraction of sp³-hybridized carbons (Fsp3) is 0.476. The molecule has 0 unspecified atom stereocenters. The molecule has 1 aliphatic heterocycles. The van der Waals surface area contributed by atoms with Crippen LogP contribution >= 0.6 is 11.3 Å². The molecule has 1 aromatic carbocycles. The Morgan fingerprint density at radius 1 is 1.24 bits per heavy atom. The Hall–Kier alpha value is -1.81. The van der Waals surface area contributed by atoms with E-state index in [4.69, 9.17) is 4.74 Å². The van der Waals surface area contributed by atoms with Gasteiger partial charge in [0.15, 0.2) is 0 Å². The van der Waals surface area contributed by atoms with Crippen LogP contribution in [0.25, 0.3) is 10.4 Å². The normalized spacial score (nSPS) is 18.2. The molecule has 3 rings (SSSR count). The van der Waals surface area contributed by atoms with Gasteiger partial charge in [0, 0.05) is 17.5 Å². The molecule has 0 N–H and O–H groups in total. The van der Waals surface area contributed by atoms with E-state index in [0.29, 0.717) is 0 Å². The van der Waals surface area contributed by atoms with Gasteiger partial charge in [-0.25, -0.2) is 4.79 Å². The van der Waals surface area contributed by atoms with Gasteiger partial charge in [-0.1, -0.05) is 30.3 Å². The first kappa shape index (κ1) is 18.0. The summed E-state index contributed by atoms with van der Waals surface area (Å²) in [6, 6.07) is 13.1. The summed E-state index contributed by atoms with van der Waals surface area (Å²) in [5.74, 6) is 0. The molecule has 0 bridgehead atoms. The molecule has 1 atom stereocenters. The topological polar surface area (TPSA) is 29.5 Å². The van der Waals surface area contributed by atoms with Crippen LogP contribution in [0.3, 0.4) is 0 Å². The molecule has 0 radical (unpaired) electrons. The minimum absolute atomic E-state index is 0.174. The van der Waals surface area contributed by atoms with E-state index < -0.39 is 5.60 Å². The number of hydrogen-bond donors (Lipinski definition) is 0. The van der Waals surface area contributed by atoms with Crippen molar-refractivity contribution >= 4 is 17.4 Å². The van der Waals surface area contributed by atoms with Crippen molar-refractivity contribution in [1.82, 2.24) is 4.90 Å². The predicted octanol–water partition coefficient (Wildman–Crippen LogP) is 5.75. The van der Waals surface area contributed by atoms with Gasteiger partial charge in [-0.05, 0) is 69.0 Å². The van der Waals surface area contributed by atoms with Gasteiger partial charge in [0.2, 0.25) is 0 Å². The summed E-state index contributed by atoms with van der Waals surface area (Å²) in [4.78, 5) is 15.8. The maximum atomic E-state index is 12.6. The van der Waals surface area contributed by atoms with E-state index in [1.807, 2.05) is 25.7 Å². The summed E-state index contributed by atoms with van der Waals surface area (Å²) in [5, 5.41) is 2.10. The highest BCUT2D eigenvalue weighted by atomic mass is 32.1. The maximum Gasteiger partial charge on any atom is 0.410 e. The zero-order chi connectivity index (χ0) is 17.9. The summed E-state index contributed by atoms with van der Waals surface area (Å²) >= 11 is 1.76. The molecule has 0 aliphatic carbocycles. The zero-order valence-electron chi connectivity index (χ0n) is 15.3. The first-order valence-electron chi connectivity index (χ1n) is 9.05. The van der Waals surface area contributed by atoms with Crippen LogP contribution < -0.4 is 0 Å². The lowest BCUT2D eigenvalue weighted by Gasteiger charge is -2.37. The fourth-order valence-electron chi connectivity index (χ4n) is 3.34. The van der Waals surface area contributed by atoms with Crippen LogP contribution in [0.15, 0.2) is 41.8 Å². The Morgan fingerprint density at radius 2 is 2.08 bits per heavy atom. The Kier molecular flexibility index (Phi) is 5.48. The number of rotatable bonds is 3. The van der Waals surface area contributed by atoms with Gasteiger partial charge in [-0.3, -0.25) is 0 Å². The number of likely N-dealkylation sites (tertiary alicyclic amines) is 1. The number of hydrogen-bond acceptors (Lipinski definition) is 3. The van der Waals surface area contributed by atoms with Gasteiger partial charge in [-0.2, -0.15) is 0 Å². The fourth-order valence-corrected chi connectivity index (χ4v) is 4.06. The van der Waals surface area contributed by atoms with Gasteiger partial charge < -0.3 is 9.64 Å². The Morgan fingerprint density at radius 3 is 2.80 bits per heavy atom. The van der Waals surface area contributed by atoms with E-state index >= 15 is 0 Å².